The van der Waals surface area contributed by atoms with Gasteiger partial charge < -0.3 is 20.3 Å². The first-order valence-electron chi connectivity index (χ1n) is 8.70. The lowest BCUT2D eigenvalue weighted by atomic mass is 10.1. The second kappa shape index (κ2) is 7.68. The summed E-state index contributed by atoms with van der Waals surface area (Å²) in [7, 11) is 0. The molecule has 1 saturated heterocycles. The number of rotatable bonds is 6. The number of carbonyl (C=O) groups is 1. The maximum absolute atomic E-state index is 12.1. The van der Waals surface area contributed by atoms with Crippen LogP contribution in [0.5, 0.6) is 5.75 Å². The molecule has 1 amide bonds. The van der Waals surface area contributed by atoms with Crippen LogP contribution in [0.4, 0.5) is 5.69 Å². The number of amides is 1. The van der Waals surface area contributed by atoms with E-state index in [1.54, 1.807) is 0 Å². The second-order valence-electron chi connectivity index (χ2n) is 6.61. The van der Waals surface area contributed by atoms with E-state index in [0.29, 0.717) is 13.0 Å². The zero-order valence-corrected chi connectivity index (χ0v) is 13.9. The van der Waals surface area contributed by atoms with Crippen LogP contribution in [0.1, 0.15) is 31.2 Å². The lowest BCUT2D eigenvalue weighted by Gasteiger charge is -2.27. The Morgan fingerprint density at radius 3 is 3.04 bits per heavy atom. The Morgan fingerprint density at radius 2 is 2.22 bits per heavy atom. The molecule has 2 aliphatic rings. The molecule has 2 heterocycles. The third-order valence-corrected chi connectivity index (χ3v) is 4.54. The standard InChI is InChI=1S/C18H27N3O2/c1-14-5-6-16-17(11-14)23-13-15(20-16)12-18(22)19-7-4-10-21-8-2-3-9-21/h5-6,11,15,20H,2-4,7-10,12-13H2,1H3,(H,19,22). The average molecular weight is 317 g/mol. The van der Waals surface area contributed by atoms with Crippen molar-refractivity contribution in [2.45, 2.75) is 38.6 Å². The third kappa shape index (κ3) is 4.61. The Kier molecular flexibility index (Phi) is 5.39. The predicted molar refractivity (Wildman–Crippen MR) is 92.0 cm³/mol. The monoisotopic (exact) mass is 317 g/mol. The van der Waals surface area contributed by atoms with Gasteiger partial charge in [-0.25, -0.2) is 0 Å². The number of nitrogens with one attached hydrogen (secondary N) is 2. The number of carbonyl (C=O) groups excluding carboxylic acids is 1. The number of benzene rings is 1. The molecule has 1 aromatic carbocycles. The number of anilines is 1. The van der Waals surface area contributed by atoms with Crippen molar-refractivity contribution in [2.75, 3.05) is 38.1 Å². The van der Waals surface area contributed by atoms with Gasteiger partial charge in [0.05, 0.1) is 18.2 Å². The maximum Gasteiger partial charge on any atom is 0.222 e. The summed E-state index contributed by atoms with van der Waals surface area (Å²) in [5.41, 5.74) is 2.16. The van der Waals surface area contributed by atoms with Crippen LogP contribution in [0.25, 0.3) is 0 Å². The first-order chi connectivity index (χ1) is 11.2. The molecule has 1 atom stereocenters. The predicted octanol–water partition coefficient (Wildman–Crippen LogP) is 2.16. The number of likely N-dealkylation sites (tertiary alicyclic amines) is 1. The molecular formula is C18H27N3O2. The topological polar surface area (TPSA) is 53.6 Å². The fourth-order valence-electron chi connectivity index (χ4n) is 3.26. The highest BCUT2D eigenvalue weighted by atomic mass is 16.5. The first-order valence-corrected chi connectivity index (χ1v) is 8.70. The van der Waals surface area contributed by atoms with E-state index in [1.165, 1.54) is 31.5 Å². The quantitative estimate of drug-likeness (QED) is 0.790. The number of hydrogen-bond acceptors (Lipinski definition) is 4. The van der Waals surface area contributed by atoms with Crippen molar-refractivity contribution in [1.82, 2.24) is 10.2 Å². The molecule has 0 aromatic heterocycles. The van der Waals surface area contributed by atoms with E-state index in [4.69, 9.17) is 4.74 Å². The van der Waals surface area contributed by atoms with Crippen molar-refractivity contribution in [3.05, 3.63) is 23.8 Å². The second-order valence-corrected chi connectivity index (χ2v) is 6.61. The van der Waals surface area contributed by atoms with Crippen LogP contribution < -0.4 is 15.4 Å². The van der Waals surface area contributed by atoms with Gasteiger partial charge in [0.1, 0.15) is 12.4 Å². The van der Waals surface area contributed by atoms with Gasteiger partial charge in [-0.05, 0) is 63.5 Å². The Balaban J connectivity index is 1.36. The van der Waals surface area contributed by atoms with E-state index in [0.717, 1.165) is 30.9 Å². The molecule has 23 heavy (non-hydrogen) atoms. The Hall–Kier alpha value is -1.75. The minimum atomic E-state index is 0.0452. The molecule has 1 aromatic rings. The van der Waals surface area contributed by atoms with E-state index in [2.05, 4.69) is 21.6 Å². The lowest BCUT2D eigenvalue weighted by molar-refractivity contribution is -0.121. The van der Waals surface area contributed by atoms with Gasteiger partial charge in [-0.1, -0.05) is 6.07 Å². The highest BCUT2D eigenvalue weighted by Gasteiger charge is 2.21. The largest absolute Gasteiger partial charge is 0.489 e. The van der Waals surface area contributed by atoms with E-state index in [-0.39, 0.29) is 11.9 Å². The summed E-state index contributed by atoms with van der Waals surface area (Å²) < 4.78 is 5.76. The van der Waals surface area contributed by atoms with Crippen LogP contribution >= 0.6 is 0 Å². The van der Waals surface area contributed by atoms with Gasteiger partial charge in [0.15, 0.2) is 0 Å². The van der Waals surface area contributed by atoms with Crippen molar-refractivity contribution in [3.8, 4) is 5.75 Å². The lowest BCUT2D eigenvalue weighted by Crippen LogP contribution is -2.37. The molecule has 0 bridgehead atoms. The molecule has 126 valence electrons. The van der Waals surface area contributed by atoms with Gasteiger partial charge in [-0.3, -0.25) is 4.79 Å². The molecule has 5 heteroatoms. The van der Waals surface area contributed by atoms with Crippen LogP contribution in [0.3, 0.4) is 0 Å². The molecule has 1 fully saturated rings. The van der Waals surface area contributed by atoms with Gasteiger partial charge in [-0.15, -0.1) is 0 Å². The summed E-state index contributed by atoms with van der Waals surface area (Å²) in [4.78, 5) is 14.5. The highest BCUT2D eigenvalue weighted by molar-refractivity contribution is 5.77. The minimum Gasteiger partial charge on any atom is -0.489 e. The molecule has 0 aliphatic carbocycles. The summed E-state index contributed by atoms with van der Waals surface area (Å²) in [5, 5.41) is 6.42. The van der Waals surface area contributed by atoms with Crippen molar-refractivity contribution < 1.29 is 9.53 Å². The normalized spacial score (nSPS) is 20.5. The third-order valence-electron chi connectivity index (χ3n) is 4.54. The fourth-order valence-corrected chi connectivity index (χ4v) is 3.26. The number of hydrogen-bond donors (Lipinski definition) is 2. The number of aryl methyl sites for hydroxylation is 1. The Labute approximate surface area is 138 Å². The van der Waals surface area contributed by atoms with Gasteiger partial charge in [0.25, 0.3) is 0 Å². The zero-order chi connectivity index (χ0) is 16.1. The van der Waals surface area contributed by atoms with Crippen LogP contribution in [-0.2, 0) is 4.79 Å². The molecule has 5 nitrogen and oxygen atoms in total. The van der Waals surface area contributed by atoms with Gasteiger partial charge in [0.2, 0.25) is 5.91 Å². The van der Waals surface area contributed by atoms with Crippen molar-refractivity contribution in [1.29, 1.82) is 0 Å². The van der Waals surface area contributed by atoms with E-state index < -0.39 is 0 Å². The Morgan fingerprint density at radius 1 is 1.39 bits per heavy atom. The maximum atomic E-state index is 12.1. The number of ether oxygens (including phenoxy) is 1. The van der Waals surface area contributed by atoms with Crippen LogP contribution in [0.15, 0.2) is 18.2 Å². The highest BCUT2D eigenvalue weighted by Crippen LogP contribution is 2.30. The molecule has 0 saturated carbocycles. The molecular weight excluding hydrogens is 290 g/mol. The van der Waals surface area contributed by atoms with Gasteiger partial charge >= 0.3 is 0 Å². The fraction of sp³-hybridized carbons (Fsp3) is 0.611. The average Bonchev–Trinajstić information content (AvgIpc) is 3.05. The van der Waals surface area contributed by atoms with Crippen molar-refractivity contribution in [2.24, 2.45) is 0 Å². The van der Waals surface area contributed by atoms with Crippen LogP contribution in [0.2, 0.25) is 0 Å². The van der Waals surface area contributed by atoms with E-state index in [1.807, 2.05) is 19.1 Å². The summed E-state index contributed by atoms with van der Waals surface area (Å²) in [6.07, 6.45) is 4.13. The van der Waals surface area contributed by atoms with Crippen molar-refractivity contribution >= 4 is 11.6 Å². The molecule has 2 N–H and O–H groups in total. The van der Waals surface area contributed by atoms with Gasteiger partial charge in [0, 0.05) is 6.54 Å². The Bertz CT molecular complexity index is 541. The van der Waals surface area contributed by atoms with Gasteiger partial charge in [-0.2, -0.15) is 0 Å². The van der Waals surface area contributed by atoms with E-state index in [9.17, 15) is 4.79 Å². The van der Waals surface area contributed by atoms with Crippen molar-refractivity contribution in [3.63, 3.8) is 0 Å². The number of nitrogens with zero attached hydrogens (tertiary/aromatic N) is 1. The molecule has 0 radical (unpaired) electrons. The molecule has 3 rings (SSSR count). The first kappa shape index (κ1) is 16.1. The smallest absolute Gasteiger partial charge is 0.222 e. The summed E-state index contributed by atoms with van der Waals surface area (Å²) in [6, 6.07) is 6.14. The zero-order valence-electron chi connectivity index (χ0n) is 13.9. The minimum absolute atomic E-state index is 0.0452. The summed E-state index contributed by atoms with van der Waals surface area (Å²) in [6.45, 7) is 6.88. The summed E-state index contributed by atoms with van der Waals surface area (Å²) >= 11 is 0. The summed E-state index contributed by atoms with van der Waals surface area (Å²) in [5.74, 6) is 0.982. The van der Waals surface area contributed by atoms with Crippen LogP contribution in [-0.4, -0.2) is 49.6 Å². The molecule has 1 unspecified atom stereocenters. The number of fused-ring (bicyclic) bond motifs is 1. The molecule has 2 aliphatic heterocycles. The van der Waals surface area contributed by atoms with Crippen LogP contribution in [0, 0.1) is 6.92 Å². The SMILES string of the molecule is Cc1ccc2c(c1)OCC(CC(=O)NCCCN1CCCC1)N2. The van der Waals surface area contributed by atoms with E-state index >= 15 is 0 Å². The molecule has 0 spiro atoms.